The van der Waals surface area contributed by atoms with Crippen molar-refractivity contribution in [1.29, 1.82) is 0 Å². The monoisotopic (exact) mass is 324 g/mol. The first-order valence-corrected chi connectivity index (χ1v) is 6.99. The van der Waals surface area contributed by atoms with Crippen LogP contribution in [0.2, 0.25) is 0 Å². The van der Waals surface area contributed by atoms with Gasteiger partial charge in [0.15, 0.2) is 0 Å². The Morgan fingerprint density at radius 3 is 2.71 bits per heavy atom. The molecule has 120 valence electrons. The fourth-order valence-corrected chi connectivity index (χ4v) is 2.10. The summed E-state index contributed by atoms with van der Waals surface area (Å²) in [6.45, 7) is 1.88. The van der Waals surface area contributed by atoms with Crippen molar-refractivity contribution >= 4 is 17.6 Å². The lowest BCUT2D eigenvalue weighted by molar-refractivity contribution is -0.384. The molecule has 0 radical (unpaired) electrons. The van der Waals surface area contributed by atoms with Crippen LogP contribution < -0.4 is 5.32 Å². The van der Waals surface area contributed by atoms with Gasteiger partial charge in [-0.3, -0.25) is 20.2 Å². The molecule has 0 unspecified atom stereocenters. The fraction of sp³-hybridized carbons (Fsp3) is 0.0625. The smallest absolute Gasteiger partial charge is 0.322 e. The zero-order valence-electron chi connectivity index (χ0n) is 12.6. The number of aryl methyl sites for hydroxylation is 1. The molecule has 0 bridgehead atoms. The second kappa shape index (κ2) is 6.29. The van der Waals surface area contributed by atoms with Crippen molar-refractivity contribution in [3.8, 4) is 11.5 Å². The van der Waals surface area contributed by atoms with E-state index in [0.29, 0.717) is 11.1 Å². The number of aromatic nitrogens is 2. The largest absolute Gasteiger partial charge is 0.403 e. The molecule has 24 heavy (non-hydrogen) atoms. The SMILES string of the molecule is Cc1cccc(C(=O)Nc2nnc(-c3cccc([N+](=O)[O-])c3)o2)c1. The molecule has 0 spiro atoms. The van der Waals surface area contributed by atoms with Gasteiger partial charge in [-0.15, -0.1) is 5.10 Å². The zero-order chi connectivity index (χ0) is 17.1. The van der Waals surface area contributed by atoms with E-state index in [1.54, 1.807) is 24.3 Å². The van der Waals surface area contributed by atoms with E-state index in [-0.39, 0.29) is 23.5 Å². The van der Waals surface area contributed by atoms with E-state index in [4.69, 9.17) is 4.42 Å². The highest BCUT2D eigenvalue weighted by Crippen LogP contribution is 2.24. The van der Waals surface area contributed by atoms with Gasteiger partial charge in [0.05, 0.1) is 4.92 Å². The Kier molecular flexibility index (Phi) is 4.02. The average Bonchev–Trinajstić information content (AvgIpc) is 3.03. The van der Waals surface area contributed by atoms with Gasteiger partial charge in [0.1, 0.15) is 0 Å². The van der Waals surface area contributed by atoms with Gasteiger partial charge < -0.3 is 4.42 Å². The highest BCUT2D eigenvalue weighted by Gasteiger charge is 2.15. The second-order valence-corrected chi connectivity index (χ2v) is 5.04. The topological polar surface area (TPSA) is 111 Å². The highest BCUT2D eigenvalue weighted by molar-refractivity contribution is 6.03. The van der Waals surface area contributed by atoms with E-state index in [1.807, 2.05) is 13.0 Å². The third kappa shape index (κ3) is 3.27. The van der Waals surface area contributed by atoms with Gasteiger partial charge in [-0.1, -0.05) is 28.9 Å². The number of nitrogens with one attached hydrogen (secondary N) is 1. The number of nitro benzene ring substituents is 1. The van der Waals surface area contributed by atoms with Crippen LogP contribution in [0.5, 0.6) is 0 Å². The maximum atomic E-state index is 12.1. The summed E-state index contributed by atoms with van der Waals surface area (Å²) in [6, 6.07) is 12.8. The Hall–Kier alpha value is -3.55. The molecule has 8 heteroatoms. The lowest BCUT2D eigenvalue weighted by atomic mass is 10.1. The summed E-state index contributed by atoms with van der Waals surface area (Å²) < 4.78 is 5.35. The lowest BCUT2D eigenvalue weighted by Gasteiger charge is -2.01. The minimum Gasteiger partial charge on any atom is -0.403 e. The number of non-ortho nitro benzene ring substituents is 1. The van der Waals surface area contributed by atoms with E-state index >= 15 is 0 Å². The van der Waals surface area contributed by atoms with Crippen LogP contribution >= 0.6 is 0 Å². The van der Waals surface area contributed by atoms with Crippen LogP contribution in [0.3, 0.4) is 0 Å². The van der Waals surface area contributed by atoms with Gasteiger partial charge in [-0.05, 0) is 25.1 Å². The van der Waals surface area contributed by atoms with Gasteiger partial charge in [0, 0.05) is 23.3 Å². The molecule has 1 N–H and O–H groups in total. The average molecular weight is 324 g/mol. The molecule has 2 aromatic carbocycles. The number of amides is 1. The third-order valence-electron chi connectivity index (χ3n) is 3.23. The quantitative estimate of drug-likeness (QED) is 0.582. The van der Waals surface area contributed by atoms with Gasteiger partial charge in [-0.2, -0.15) is 0 Å². The molecule has 3 rings (SSSR count). The molecule has 8 nitrogen and oxygen atoms in total. The number of carbonyl (C=O) groups is 1. The van der Waals surface area contributed by atoms with Crippen molar-refractivity contribution in [2.24, 2.45) is 0 Å². The van der Waals surface area contributed by atoms with Crippen LogP contribution in [0.4, 0.5) is 11.7 Å². The highest BCUT2D eigenvalue weighted by atomic mass is 16.6. The minimum absolute atomic E-state index is 0.0805. The normalized spacial score (nSPS) is 10.4. The summed E-state index contributed by atoms with van der Waals surface area (Å²) in [7, 11) is 0. The molecule has 0 aliphatic carbocycles. The number of hydrogen-bond acceptors (Lipinski definition) is 6. The van der Waals surface area contributed by atoms with Crippen LogP contribution in [0.15, 0.2) is 52.9 Å². The van der Waals surface area contributed by atoms with Gasteiger partial charge in [0.25, 0.3) is 11.6 Å². The number of nitrogens with zero attached hydrogens (tertiary/aromatic N) is 3. The lowest BCUT2D eigenvalue weighted by Crippen LogP contribution is -2.12. The predicted molar refractivity (Wildman–Crippen MR) is 85.5 cm³/mol. The first kappa shape index (κ1) is 15.3. The van der Waals surface area contributed by atoms with Crippen molar-refractivity contribution in [3.05, 3.63) is 69.8 Å². The van der Waals surface area contributed by atoms with Crippen LogP contribution in [-0.2, 0) is 0 Å². The Labute approximate surface area is 136 Å². The standard InChI is InChI=1S/C16H12N4O4/c1-10-4-2-5-11(8-10)14(21)17-16-19-18-15(24-16)12-6-3-7-13(9-12)20(22)23/h2-9H,1H3,(H,17,19,21). The Bertz CT molecular complexity index is 920. The second-order valence-electron chi connectivity index (χ2n) is 5.04. The van der Waals surface area contributed by atoms with Crippen molar-refractivity contribution in [2.75, 3.05) is 5.32 Å². The van der Waals surface area contributed by atoms with Crippen molar-refractivity contribution in [3.63, 3.8) is 0 Å². The van der Waals surface area contributed by atoms with E-state index < -0.39 is 4.92 Å². The molecule has 1 aromatic heterocycles. The minimum atomic E-state index is -0.514. The molecule has 0 atom stereocenters. The Morgan fingerprint density at radius 1 is 1.17 bits per heavy atom. The maximum Gasteiger partial charge on any atom is 0.322 e. The van der Waals surface area contributed by atoms with Crippen LogP contribution in [0.1, 0.15) is 15.9 Å². The van der Waals surface area contributed by atoms with Crippen LogP contribution in [-0.4, -0.2) is 21.0 Å². The molecular weight excluding hydrogens is 312 g/mol. The summed E-state index contributed by atoms with van der Waals surface area (Å²) >= 11 is 0. The summed E-state index contributed by atoms with van der Waals surface area (Å²) in [5, 5.41) is 20.8. The Balaban J connectivity index is 1.80. The molecule has 0 fully saturated rings. The third-order valence-corrected chi connectivity index (χ3v) is 3.23. The van der Waals surface area contributed by atoms with Crippen molar-refractivity contribution < 1.29 is 14.1 Å². The summed E-state index contributed by atoms with van der Waals surface area (Å²) in [5.74, 6) is -0.300. The van der Waals surface area contributed by atoms with E-state index in [9.17, 15) is 14.9 Å². The van der Waals surface area contributed by atoms with E-state index in [0.717, 1.165) is 5.56 Å². The molecule has 0 saturated carbocycles. The molecule has 0 saturated heterocycles. The van der Waals surface area contributed by atoms with Gasteiger partial charge in [0.2, 0.25) is 5.89 Å². The zero-order valence-corrected chi connectivity index (χ0v) is 12.6. The predicted octanol–water partition coefficient (Wildman–Crippen LogP) is 3.21. The van der Waals surface area contributed by atoms with Gasteiger partial charge in [-0.25, -0.2) is 0 Å². The molecule has 1 heterocycles. The van der Waals surface area contributed by atoms with Crippen LogP contribution in [0, 0.1) is 17.0 Å². The molecule has 0 aliphatic rings. The molecule has 1 amide bonds. The van der Waals surface area contributed by atoms with Crippen molar-refractivity contribution in [1.82, 2.24) is 10.2 Å². The number of hydrogen-bond donors (Lipinski definition) is 1. The molecular formula is C16H12N4O4. The van der Waals surface area contributed by atoms with Crippen LogP contribution in [0.25, 0.3) is 11.5 Å². The number of nitro groups is 1. The summed E-state index contributed by atoms with van der Waals surface area (Å²) in [6.07, 6.45) is 0. The molecule has 0 aliphatic heterocycles. The van der Waals surface area contributed by atoms with E-state index in [1.165, 1.54) is 18.2 Å². The number of benzene rings is 2. The van der Waals surface area contributed by atoms with Crippen molar-refractivity contribution in [2.45, 2.75) is 6.92 Å². The summed E-state index contributed by atoms with van der Waals surface area (Å²) in [5.41, 5.74) is 1.72. The Morgan fingerprint density at radius 2 is 1.96 bits per heavy atom. The van der Waals surface area contributed by atoms with E-state index in [2.05, 4.69) is 15.5 Å². The summed E-state index contributed by atoms with van der Waals surface area (Å²) in [4.78, 5) is 22.4. The number of rotatable bonds is 4. The van der Waals surface area contributed by atoms with Gasteiger partial charge >= 0.3 is 6.01 Å². The maximum absolute atomic E-state index is 12.1. The number of anilines is 1. The molecule has 3 aromatic rings. The first-order valence-electron chi connectivity index (χ1n) is 6.99. The fourth-order valence-electron chi connectivity index (χ4n) is 2.10. The first-order chi connectivity index (χ1) is 11.5. The number of carbonyl (C=O) groups excluding carboxylic acids is 1.